The lowest BCUT2D eigenvalue weighted by atomic mass is 10.2. The van der Waals surface area contributed by atoms with E-state index in [0.717, 1.165) is 33.6 Å². The fraction of sp³-hybridized carbons (Fsp3) is 0.176. The van der Waals surface area contributed by atoms with E-state index in [2.05, 4.69) is 10.6 Å². The van der Waals surface area contributed by atoms with Crippen LogP contribution in [0.5, 0.6) is 0 Å². The molecule has 2 unspecified atom stereocenters. The van der Waals surface area contributed by atoms with Gasteiger partial charge in [-0.15, -0.1) is 10.2 Å². The summed E-state index contributed by atoms with van der Waals surface area (Å²) in [5.41, 5.74) is 6.00. The van der Waals surface area contributed by atoms with Crippen molar-refractivity contribution in [3.8, 4) is 0 Å². The van der Waals surface area contributed by atoms with Gasteiger partial charge in [0.1, 0.15) is 10.7 Å². The van der Waals surface area contributed by atoms with Gasteiger partial charge in [-0.05, 0) is 72.8 Å². The number of rotatable bonds is 9. The zero-order valence-electron chi connectivity index (χ0n) is 24.4. The number of carbonyl (C=O) groups excluding carboxylic acids is 2. The lowest BCUT2D eigenvalue weighted by Gasteiger charge is -2.20. The maximum absolute atomic E-state index is 13.4. The highest BCUT2D eigenvalue weighted by molar-refractivity contribution is 8.15. The Labute approximate surface area is 265 Å². The van der Waals surface area contributed by atoms with E-state index in [1.165, 1.54) is 23.5 Å². The van der Waals surface area contributed by atoms with E-state index in [4.69, 9.17) is 10.2 Å². The molecule has 6 rings (SSSR count). The van der Waals surface area contributed by atoms with E-state index in [1.807, 2.05) is 123 Å². The van der Waals surface area contributed by atoms with Gasteiger partial charge in [0.2, 0.25) is 0 Å². The van der Waals surface area contributed by atoms with E-state index in [9.17, 15) is 9.59 Å². The molecule has 44 heavy (non-hydrogen) atoms. The molecule has 0 bridgehead atoms. The number of anilines is 2. The van der Waals surface area contributed by atoms with E-state index in [-0.39, 0.29) is 10.5 Å². The Kier molecular flexibility index (Phi) is 8.99. The predicted molar refractivity (Wildman–Crippen MR) is 182 cm³/mol. The van der Waals surface area contributed by atoms with Crippen LogP contribution in [0.25, 0.3) is 0 Å². The first-order valence-electron chi connectivity index (χ1n) is 14.3. The SMILES string of the molecule is Cc1ccc(NC2SC(=O)N(Cc3ccccc3)C2=NN=C2C(Nc3ccc(C)cc3)SC(=O)N2Cc2ccccc2)cc1. The van der Waals surface area contributed by atoms with Gasteiger partial charge >= 0.3 is 0 Å². The van der Waals surface area contributed by atoms with E-state index >= 15 is 0 Å². The fourth-order valence-corrected chi connectivity index (χ4v) is 6.76. The van der Waals surface area contributed by atoms with E-state index < -0.39 is 10.7 Å². The Morgan fingerprint density at radius 3 is 1.30 bits per heavy atom. The lowest BCUT2D eigenvalue weighted by molar-refractivity contribution is 0.242. The Morgan fingerprint density at radius 1 is 0.568 bits per heavy atom. The van der Waals surface area contributed by atoms with Crippen molar-refractivity contribution < 1.29 is 9.59 Å². The molecule has 0 spiro atoms. The molecule has 0 aromatic heterocycles. The molecule has 2 aliphatic rings. The van der Waals surface area contributed by atoms with Gasteiger partial charge in [-0.1, -0.05) is 96.1 Å². The van der Waals surface area contributed by atoms with Crippen molar-refractivity contribution in [3.63, 3.8) is 0 Å². The van der Waals surface area contributed by atoms with Crippen molar-refractivity contribution in [1.29, 1.82) is 0 Å². The van der Waals surface area contributed by atoms with Crippen LogP contribution in [-0.2, 0) is 13.1 Å². The van der Waals surface area contributed by atoms with Gasteiger partial charge in [0.25, 0.3) is 10.5 Å². The summed E-state index contributed by atoms with van der Waals surface area (Å²) in [4.78, 5) is 30.1. The molecule has 2 saturated heterocycles. The van der Waals surface area contributed by atoms with Crippen LogP contribution in [0.1, 0.15) is 22.3 Å². The number of carbonyl (C=O) groups is 2. The summed E-state index contributed by atoms with van der Waals surface area (Å²) in [7, 11) is 0. The number of amides is 2. The smallest absolute Gasteiger partial charge is 0.289 e. The van der Waals surface area contributed by atoms with Crippen LogP contribution in [0.4, 0.5) is 21.0 Å². The third kappa shape index (κ3) is 6.98. The molecule has 2 fully saturated rings. The number of amidine groups is 2. The van der Waals surface area contributed by atoms with Crippen molar-refractivity contribution in [2.75, 3.05) is 10.6 Å². The molecular weight excluding hydrogens is 589 g/mol. The van der Waals surface area contributed by atoms with Crippen LogP contribution in [-0.4, -0.2) is 42.7 Å². The monoisotopic (exact) mass is 620 g/mol. The number of benzene rings is 4. The summed E-state index contributed by atoms with van der Waals surface area (Å²) < 4.78 is 0. The van der Waals surface area contributed by atoms with Gasteiger partial charge in [-0.2, -0.15) is 0 Å². The molecule has 4 aromatic rings. The first-order valence-corrected chi connectivity index (χ1v) is 16.0. The predicted octanol–water partition coefficient (Wildman–Crippen LogP) is 7.93. The van der Waals surface area contributed by atoms with Gasteiger partial charge in [-0.3, -0.25) is 19.4 Å². The standard InChI is InChI=1S/C34H32N6O2S2/c1-23-13-17-27(18-14-23)35-31-29(39(33(41)43-31)21-25-9-5-3-6-10-25)37-38-30-32(36-28-19-15-24(2)16-20-28)44-34(42)40(30)22-26-11-7-4-8-12-26/h3-20,31-32,35-36H,21-22H2,1-2H3. The van der Waals surface area contributed by atoms with Crippen LogP contribution >= 0.6 is 23.5 Å². The third-order valence-electron chi connectivity index (χ3n) is 7.22. The molecule has 2 aliphatic heterocycles. The highest BCUT2D eigenvalue weighted by Gasteiger charge is 2.40. The molecule has 2 atom stereocenters. The van der Waals surface area contributed by atoms with Crippen molar-refractivity contribution in [2.45, 2.75) is 37.7 Å². The number of nitrogens with one attached hydrogen (secondary N) is 2. The minimum absolute atomic E-state index is 0.121. The summed E-state index contributed by atoms with van der Waals surface area (Å²) in [5.74, 6) is 0.963. The number of aryl methyl sites for hydroxylation is 2. The van der Waals surface area contributed by atoms with Gasteiger partial charge in [0, 0.05) is 11.4 Å². The molecule has 10 heteroatoms. The molecule has 4 aromatic carbocycles. The van der Waals surface area contributed by atoms with Crippen molar-refractivity contribution in [3.05, 3.63) is 131 Å². The number of hydrogen-bond donors (Lipinski definition) is 2. The summed E-state index contributed by atoms with van der Waals surface area (Å²) in [5, 5.41) is 15.2. The topological polar surface area (TPSA) is 89.4 Å². The first-order chi connectivity index (χ1) is 21.4. The molecule has 2 heterocycles. The highest BCUT2D eigenvalue weighted by atomic mass is 32.2. The number of hydrogen-bond acceptors (Lipinski definition) is 8. The van der Waals surface area contributed by atoms with E-state index in [1.54, 1.807) is 9.80 Å². The molecule has 222 valence electrons. The quantitative estimate of drug-likeness (QED) is 0.185. The minimum atomic E-state index is -0.464. The summed E-state index contributed by atoms with van der Waals surface area (Å²) in [6.07, 6.45) is 0. The molecule has 0 saturated carbocycles. The van der Waals surface area contributed by atoms with Crippen molar-refractivity contribution >= 4 is 57.0 Å². The maximum Gasteiger partial charge on any atom is 0.289 e. The molecule has 8 nitrogen and oxygen atoms in total. The fourth-order valence-electron chi connectivity index (χ4n) is 4.83. The van der Waals surface area contributed by atoms with Gasteiger partial charge in [0.15, 0.2) is 11.7 Å². The Bertz CT molecular complexity index is 1550. The molecule has 0 radical (unpaired) electrons. The van der Waals surface area contributed by atoms with Crippen molar-refractivity contribution in [1.82, 2.24) is 9.80 Å². The van der Waals surface area contributed by atoms with Crippen molar-refractivity contribution in [2.24, 2.45) is 10.2 Å². The van der Waals surface area contributed by atoms with Gasteiger partial charge in [-0.25, -0.2) is 0 Å². The zero-order chi connectivity index (χ0) is 30.5. The first kappa shape index (κ1) is 29.5. The van der Waals surface area contributed by atoms with Gasteiger partial charge in [0.05, 0.1) is 13.1 Å². The largest absolute Gasteiger partial charge is 0.367 e. The molecule has 2 amide bonds. The lowest BCUT2D eigenvalue weighted by Crippen LogP contribution is -2.36. The molecule has 0 aliphatic carbocycles. The van der Waals surface area contributed by atoms with Gasteiger partial charge < -0.3 is 10.6 Å². The van der Waals surface area contributed by atoms with Crippen LogP contribution in [0.2, 0.25) is 0 Å². The average Bonchev–Trinajstić information content (AvgIpc) is 3.48. The Hall–Kier alpha value is -4.54. The van der Waals surface area contributed by atoms with Crippen LogP contribution in [0.15, 0.2) is 119 Å². The summed E-state index contributed by atoms with van der Waals surface area (Å²) in [6.45, 7) is 4.78. The van der Waals surface area contributed by atoms with Crippen LogP contribution in [0, 0.1) is 13.8 Å². The maximum atomic E-state index is 13.4. The number of nitrogens with zero attached hydrogens (tertiary/aromatic N) is 4. The molecule has 2 N–H and O–H groups in total. The summed E-state index contributed by atoms with van der Waals surface area (Å²) in [6, 6.07) is 35.7. The van der Waals surface area contributed by atoms with Crippen LogP contribution < -0.4 is 10.6 Å². The minimum Gasteiger partial charge on any atom is -0.367 e. The summed E-state index contributed by atoms with van der Waals surface area (Å²) >= 11 is 2.33. The highest BCUT2D eigenvalue weighted by Crippen LogP contribution is 2.33. The molecular formula is C34H32N6O2S2. The average molecular weight is 621 g/mol. The Balaban J connectivity index is 1.37. The second-order valence-corrected chi connectivity index (χ2v) is 12.7. The normalized spacial score (nSPS) is 20.1. The Morgan fingerprint density at radius 2 is 0.932 bits per heavy atom. The second kappa shape index (κ2) is 13.4. The second-order valence-electron chi connectivity index (χ2n) is 10.6. The van der Waals surface area contributed by atoms with E-state index in [0.29, 0.717) is 24.8 Å². The number of thioether (sulfide) groups is 2. The third-order valence-corrected chi connectivity index (χ3v) is 9.19. The van der Waals surface area contributed by atoms with Crippen LogP contribution in [0.3, 0.4) is 0 Å². The zero-order valence-corrected chi connectivity index (χ0v) is 26.0.